The number of aromatic nitrogens is 3. The van der Waals surface area contributed by atoms with Crippen molar-refractivity contribution in [3.05, 3.63) is 45.2 Å². The van der Waals surface area contributed by atoms with Crippen molar-refractivity contribution in [2.24, 2.45) is 0 Å². The van der Waals surface area contributed by atoms with Crippen LogP contribution in [0.25, 0.3) is 5.69 Å². The Kier molecular flexibility index (Phi) is 3.49. The van der Waals surface area contributed by atoms with Gasteiger partial charge in [0.25, 0.3) is 5.69 Å². The number of halogens is 2. The van der Waals surface area contributed by atoms with E-state index >= 15 is 0 Å². The molecule has 1 aromatic carbocycles. The first-order valence-electron chi connectivity index (χ1n) is 4.99. The van der Waals surface area contributed by atoms with Crippen LogP contribution in [0.2, 0.25) is 5.02 Å². The second kappa shape index (κ2) is 4.91. The lowest BCUT2D eigenvalue weighted by molar-refractivity contribution is -0.384. The van der Waals surface area contributed by atoms with Gasteiger partial charge in [0.15, 0.2) is 0 Å². The zero-order chi connectivity index (χ0) is 13.3. The third kappa shape index (κ3) is 2.44. The van der Waals surface area contributed by atoms with Gasteiger partial charge < -0.3 is 0 Å². The van der Waals surface area contributed by atoms with Crippen LogP contribution in [0.15, 0.2) is 24.4 Å². The molecule has 0 aliphatic carbocycles. The zero-order valence-electron chi connectivity index (χ0n) is 9.25. The minimum atomic E-state index is -0.511. The van der Waals surface area contributed by atoms with Crippen molar-refractivity contribution in [2.75, 3.05) is 0 Å². The van der Waals surface area contributed by atoms with Gasteiger partial charge in [-0.15, -0.1) is 16.7 Å². The molecule has 8 heteroatoms. The van der Waals surface area contributed by atoms with Crippen molar-refractivity contribution in [1.82, 2.24) is 15.0 Å². The van der Waals surface area contributed by atoms with Crippen LogP contribution in [0.4, 0.5) is 5.69 Å². The molecule has 0 saturated carbocycles. The van der Waals surface area contributed by atoms with Crippen LogP contribution in [-0.4, -0.2) is 19.9 Å². The molecule has 1 aromatic heterocycles. The number of rotatable bonds is 3. The first-order valence-corrected chi connectivity index (χ1v) is 5.81. The van der Waals surface area contributed by atoms with E-state index in [-0.39, 0.29) is 16.1 Å². The van der Waals surface area contributed by atoms with Gasteiger partial charge in [-0.25, -0.2) is 4.68 Å². The zero-order valence-corrected chi connectivity index (χ0v) is 10.8. The lowest BCUT2D eigenvalue weighted by atomic mass is 10.3. The number of benzene rings is 1. The highest BCUT2D eigenvalue weighted by molar-refractivity contribution is 6.32. The third-order valence-electron chi connectivity index (χ3n) is 2.31. The average Bonchev–Trinajstić information content (AvgIpc) is 2.78. The largest absolute Gasteiger partial charge is 0.271 e. The maximum absolute atomic E-state index is 10.6. The highest BCUT2D eigenvalue weighted by Gasteiger charge is 2.13. The van der Waals surface area contributed by atoms with Gasteiger partial charge in [0.05, 0.1) is 27.2 Å². The van der Waals surface area contributed by atoms with Gasteiger partial charge in [0.2, 0.25) is 0 Å². The molecule has 2 rings (SSSR count). The number of hydrogen-bond donors (Lipinski definition) is 0. The van der Waals surface area contributed by atoms with E-state index in [4.69, 9.17) is 23.2 Å². The van der Waals surface area contributed by atoms with E-state index in [0.29, 0.717) is 11.4 Å². The number of hydrogen-bond acceptors (Lipinski definition) is 4. The summed E-state index contributed by atoms with van der Waals surface area (Å²) in [4.78, 5) is 10.1. The molecule has 1 unspecified atom stereocenters. The van der Waals surface area contributed by atoms with E-state index < -0.39 is 4.92 Å². The van der Waals surface area contributed by atoms with Gasteiger partial charge in [-0.2, -0.15) is 0 Å². The molecule has 0 bridgehead atoms. The summed E-state index contributed by atoms with van der Waals surface area (Å²) < 4.78 is 1.43. The van der Waals surface area contributed by atoms with E-state index in [0.717, 1.165) is 0 Å². The number of nitro benzene ring substituents is 1. The Morgan fingerprint density at radius 2 is 2.22 bits per heavy atom. The number of nitro groups is 1. The summed E-state index contributed by atoms with van der Waals surface area (Å²) in [7, 11) is 0. The van der Waals surface area contributed by atoms with E-state index in [1.807, 2.05) is 0 Å². The lowest BCUT2D eigenvalue weighted by Crippen LogP contribution is -1.97. The minimum Gasteiger partial charge on any atom is -0.258 e. The quantitative estimate of drug-likeness (QED) is 0.494. The Labute approximate surface area is 112 Å². The molecule has 18 heavy (non-hydrogen) atoms. The van der Waals surface area contributed by atoms with Gasteiger partial charge >= 0.3 is 0 Å². The molecule has 0 spiro atoms. The molecule has 1 heterocycles. The van der Waals surface area contributed by atoms with Crippen molar-refractivity contribution in [3.8, 4) is 5.69 Å². The van der Waals surface area contributed by atoms with Gasteiger partial charge in [-0.05, 0) is 13.0 Å². The topological polar surface area (TPSA) is 73.8 Å². The summed E-state index contributed by atoms with van der Waals surface area (Å²) in [5.41, 5.74) is 1.04. The smallest absolute Gasteiger partial charge is 0.258 e. The summed E-state index contributed by atoms with van der Waals surface area (Å²) in [6.45, 7) is 1.77. The summed E-state index contributed by atoms with van der Waals surface area (Å²) >= 11 is 11.8. The Hall–Kier alpha value is -1.66. The standard InChI is InChI=1S/C10H8Cl2N4O2/c1-6(11)9-5-15(14-13-9)10-3-2-7(16(17)18)4-8(10)12/h2-6H,1H3. The molecule has 0 saturated heterocycles. The summed E-state index contributed by atoms with van der Waals surface area (Å²) in [6, 6.07) is 4.13. The highest BCUT2D eigenvalue weighted by atomic mass is 35.5. The Morgan fingerprint density at radius 3 is 2.72 bits per heavy atom. The second-order valence-electron chi connectivity index (χ2n) is 3.60. The van der Waals surface area contributed by atoms with Crippen LogP contribution in [0.1, 0.15) is 18.0 Å². The summed E-state index contributed by atoms with van der Waals surface area (Å²) in [5, 5.41) is 18.3. The molecule has 6 nitrogen and oxygen atoms in total. The van der Waals surface area contributed by atoms with Gasteiger partial charge in [0.1, 0.15) is 5.69 Å². The molecule has 0 radical (unpaired) electrons. The van der Waals surface area contributed by atoms with Crippen LogP contribution >= 0.6 is 23.2 Å². The van der Waals surface area contributed by atoms with Gasteiger partial charge in [0, 0.05) is 12.1 Å². The minimum absolute atomic E-state index is 0.0743. The summed E-state index contributed by atoms with van der Waals surface area (Å²) in [6.07, 6.45) is 1.63. The third-order valence-corrected chi connectivity index (χ3v) is 2.83. The molecule has 2 aromatic rings. The van der Waals surface area contributed by atoms with Crippen LogP contribution in [0, 0.1) is 10.1 Å². The van der Waals surface area contributed by atoms with Gasteiger partial charge in [-0.1, -0.05) is 16.8 Å². The maximum atomic E-state index is 10.6. The summed E-state index contributed by atoms with van der Waals surface area (Å²) in [5.74, 6) is 0. The molecular formula is C10H8Cl2N4O2. The Bertz CT molecular complexity index is 597. The molecule has 0 amide bonds. The molecule has 1 atom stereocenters. The first-order chi connectivity index (χ1) is 8.49. The molecule has 0 aliphatic rings. The fourth-order valence-corrected chi connectivity index (χ4v) is 1.73. The molecule has 0 N–H and O–H groups in total. The maximum Gasteiger partial charge on any atom is 0.271 e. The highest BCUT2D eigenvalue weighted by Crippen LogP contribution is 2.26. The number of non-ortho nitro benzene ring substituents is 1. The lowest BCUT2D eigenvalue weighted by Gasteiger charge is -2.02. The Balaban J connectivity index is 2.41. The predicted molar refractivity (Wildman–Crippen MR) is 67.3 cm³/mol. The van der Waals surface area contributed by atoms with Crippen LogP contribution in [-0.2, 0) is 0 Å². The normalized spacial score (nSPS) is 12.4. The molecule has 0 aliphatic heterocycles. The van der Waals surface area contributed by atoms with E-state index in [1.54, 1.807) is 13.1 Å². The molecular weight excluding hydrogens is 279 g/mol. The fourth-order valence-electron chi connectivity index (χ4n) is 1.37. The van der Waals surface area contributed by atoms with E-state index in [1.165, 1.54) is 22.9 Å². The van der Waals surface area contributed by atoms with Gasteiger partial charge in [-0.3, -0.25) is 10.1 Å². The predicted octanol–water partition coefficient (Wildman–Crippen LogP) is 3.13. The Morgan fingerprint density at radius 1 is 1.50 bits per heavy atom. The number of nitrogens with zero attached hydrogens (tertiary/aromatic N) is 4. The number of alkyl halides is 1. The van der Waals surface area contributed by atoms with Crippen molar-refractivity contribution >= 4 is 28.9 Å². The van der Waals surface area contributed by atoms with Crippen LogP contribution in [0.5, 0.6) is 0 Å². The average molecular weight is 287 g/mol. The van der Waals surface area contributed by atoms with Crippen LogP contribution in [0.3, 0.4) is 0 Å². The SMILES string of the molecule is CC(Cl)c1cn(-c2ccc([N+](=O)[O-])cc2Cl)nn1. The first kappa shape index (κ1) is 12.8. The fraction of sp³-hybridized carbons (Fsp3) is 0.200. The van der Waals surface area contributed by atoms with Crippen molar-refractivity contribution < 1.29 is 4.92 Å². The second-order valence-corrected chi connectivity index (χ2v) is 4.66. The van der Waals surface area contributed by atoms with Crippen molar-refractivity contribution in [2.45, 2.75) is 12.3 Å². The van der Waals surface area contributed by atoms with E-state index in [9.17, 15) is 10.1 Å². The van der Waals surface area contributed by atoms with Crippen LogP contribution < -0.4 is 0 Å². The van der Waals surface area contributed by atoms with E-state index in [2.05, 4.69) is 10.3 Å². The monoisotopic (exact) mass is 286 g/mol. The van der Waals surface area contributed by atoms with Crippen molar-refractivity contribution in [3.63, 3.8) is 0 Å². The molecule has 94 valence electrons. The molecule has 0 fully saturated rings. The van der Waals surface area contributed by atoms with Crippen molar-refractivity contribution in [1.29, 1.82) is 0 Å².